The molecule has 2 rings (SSSR count). The average Bonchev–Trinajstić information content (AvgIpc) is 2.84. The first-order chi connectivity index (χ1) is 11.2. The van der Waals surface area contributed by atoms with E-state index in [1.807, 2.05) is 32.4 Å². The normalized spacial score (nSPS) is 16.2. The number of carbonyl (C=O) groups is 2. The molecule has 0 spiro atoms. The molecule has 1 aromatic rings. The fourth-order valence-corrected chi connectivity index (χ4v) is 2.93. The Bertz CT molecular complexity index is 595. The molecule has 24 heavy (non-hydrogen) atoms. The van der Waals surface area contributed by atoms with Crippen LogP contribution < -0.4 is 0 Å². The van der Waals surface area contributed by atoms with Gasteiger partial charge in [0.15, 0.2) is 0 Å². The van der Waals surface area contributed by atoms with Crippen LogP contribution in [0.2, 0.25) is 0 Å². The Balaban J connectivity index is 1.93. The Morgan fingerprint density at radius 2 is 1.96 bits per heavy atom. The Hall–Kier alpha value is -2.05. The van der Waals surface area contributed by atoms with E-state index >= 15 is 0 Å². The number of carboxylic acids is 1. The number of likely N-dealkylation sites (tertiary alicyclic amines) is 1. The number of carbonyl (C=O) groups excluding carboxylic acids is 1. The van der Waals surface area contributed by atoms with Crippen LogP contribution in [0.4, 0.5) is 4.79 Å². The summed E-state index contributed by atoms with van der Waals surface area (Å²) in [5.41, 5.74) is 1.52. The number of aliphatic carboxylic acids is 1. The summed E-state index contributed by atoms with van der Waals surface area (Å²) < 4.78 is 7.39. The highest BCUT2D eigenvalue weighted by molar-refractivity contribution is 5.68. The predicted octanol–water partition coefficient (Wildman–Crippen LogP) is 2.78. The van der Waals surface area contributed by atoms with Crippen LogP contribution in [-0.4, -0.2) is 50.5 Å². The molecule has 1 saturated heterocycles. The van der Waals surface area contributed by atoms with Gasteiger partial charge in [0.2, 0.25) is 0 Å². The fourth-order valence-electron chi connectivity index (χ4n) is 2.93. The first kappa shape index (κ1) is 18.3. The highest BCUT2D eigenvalue weighted by Gasteiger charge is 2.28. The summed E-state index contributed by atoms with van der Waals surface area (Å²) in [4.78, 5) is 24.6. The maximum Gasteiger partial charge on any atom is 0.410 e. The molecular weight excluding hydrogens is 310 g/mol. The molecule has 0 aliphatic carbocycles. The van der Waals surface area contributed by atoms with Crippen LogP contribution in [0.15, 0.2) is 6.20 Å². The summed E-state index contributed by atoms with van der Waals surface area (Å²) >= 11 is 0. The van der Waals surface area contributed by atoms with Crippen LogP contribution in [0.5, 0.6) is 0 Å². The molecule has 1 aliphatic rings. The fraction of sp³-hybridized carbons (Fsp3) is 0.706. The Kier molecular flexibility index (Phi) is 5.51. The number of hydrogen-bond acceptors (Lipinski definition) is 4. The summed E-state index contributed by atoms with van der Waals surface area (Å²) in [5, 5.41) is 13.2. The van der Waals surface area contributed by atoms with Gasteiger partial charge >= 0.3 is 12.1 Å². The lowest BCUT2D eigenvalue weighted by Gasteiger charge is -2.33. The van der Waals surface area contributed by atoms with Crippen molar-refractivity contribution >= 4 is 12.1 Å². The zero-order valence-electron chi connectivity index (χ0n) is 14.9. The van der Waals surface area contributed by atoms with Crippen LogP contribution in [0.1, 0.15) is 57.3 Å². The minimum absolute atomic E-state index is 0.115. The van der Waals surface area contributed by atoms with E-state index in [9.17, 15) is 9.59 Å². The average molecular weight is 337 g/mol. The van der Waals surface area contributed by atoms with E-state index in [1.54, 1.807) is 11.1 Å². The van der Waals surface area contributed by atoms with E-state index in [2.05, 4.69) is 5.10 Å². The van der Waals surface area contributed by atoms with Crippen molar-refractivity contribution in [2.24, 2.45) is 0 Å². The predicted molar refractivity (Wildman–Crippen MR) is 89.0 cm³/mol. The molecule has 134 valence electrons. The third-order valence-electron chi connectivity index (χ3n) is 4.22. The second-order valence-electron chi connectivity index (χ2n) is 7.29. The van der Waals surface area contributed by atoms with E-state index in [-0.39, 0.29) is 18.6 Å². The summed E-state index contributed by atoms with van der Waals surface area (Å²) in [7, 11) is 0. The standard InChI is InChI=1S/C17H27N3O4/c1-12-13(5-6-15(21)22)11-18-20(12)14-7-9-19(10-8-14)16(23)24-17(2,3)4/h11,14H,5-10H2,1-4H3,(H,21,22). The molecule has 0 unspecified atom stereocenters. The summed E-state index contributed by atoms with van der Waals surface area (Å²) in [6.45, 7) is 8.85. The van der Waals surface area contributed by atoms with E-state index < -0.39 is 11.6 Å². The Morgan fingerprint density at radius 3 is 2.50 bits per heavy atom. The monoisotopic (exact) mass is 337 g/mol. The van der Waals surface area contributed by atoms with Crippen LogP contribution >= 0.6 is 0 Å². The topological polar surface area (TPSA) is 84.7 Å². The van der Waals surface area contributed by atoms with Crippen LogP contribution in [0.25, 0.3) is 0 Å². The van der Waals surface area contributed by atoms with Gasteiger partial charge in [-0.2, -0.15) is 5.10 Å². The molecule has 0 bridgehead atoms. The third kappa shape index (κ3) is 4.72. The van der Waals surface area contributed by atoms with Crippen molar-refractivity contribution in [2.75, 3.05) is 13.1 Å². The van der Waals surface area contributed by atoms with Crippen molar-refractivity contribution in [3.8, 4) is 0 Å². The van der Waals surface area contributed by atoms with Crippen molar-refractivity contribution in [2.45, 2.75) is 65.0 Å². The zero-order valence-corrected chi connectivity index (χ0v) is 14.9. The summed E-state index contributed by atoms with van der Waals surface area (Å²) in [5.74, 6) is -0.798. The first-order valence-corrected chi connectivity index (χ1v) is 8.40. The van der Waals surface area contributed by atoms with Gasteiger partial charge in [-0.15, -0.1) is 0 Å². The molecule has 7 heteroatoms. The van der Waals surface area contributed by atoms with Crippen LogP contribution in [0.3, 0.4) is 0 Å². The van der Waals surface area contributed by atoms with Gasteiger partial charge in [0.05, 0.1) is 12.2 Å². The van der Waals surface area contributed by atoms with Crippen molar-refractivity contribution in [1.82, 2.24) is 14.7 Å². The maximum atomic E-state index is 12.1. The smallest absolute Gasteiger partial charge is 0.410 e. The molecular formula is C17H27N3O4. The number of amides is 1. The van der Waals surface area contributed by atoms with E-state index in [0.29, 0.717) is 19.5 Å². The van der Waals surface area contributed by atoms with Gasteiger partial charge in [-0.05, 0) is 52.5 Å². The molecule has 1 aliphatic heterocycles. The van der Waals surface area contributed by atoms with E-state index in [4.69, 9.17) is 9.84 Å². The molecule has 0 radical (unpaired) electrons. The van der Waals surface area contributed by atoms with Crippen molar-refractivity contribution < 1.29 is 19.4 Å². The SMILES string of the molecule is Cc1c(CCC(=O)O)cnn1C1CCN(C(=O)OC(C)(C)C)CC1. The Morgan fingerprint density at radius 1 is 1.33 bits per heavy atom. The molecule has 7 nitrogen and oxygen atoms in total. The maximum absolute atomic E-state index is 12.1. The van der Waals surface area contributed by atoms with E-state index in [0.717, 1.165) is 24.1 Å². The van der Waals surface area contributed by atoms with Gasteiger partial charge in [0.1, 0.15) is 5.60 Å². The lowest BCUT2D eigenvalue weighted by Crippen LogP contribution is -2.42. The van der Waals surface area contributed by atoms with Gasteiger partial charge in [0.25, 0.3) is 0 Å². The largest absolute Gasteiger partial charge is 0.481 e. The number of aromatic nitrogens is 2. The lowest BCUT2D eigenvalue weighted by molar-refractivity contribution is -0.136. The number of rotatable bonds is 4. The minimum Gasteiger partial charge on any atom is -0.481 e. The molecule has 0 saturated carbocycles. The van der Waals surface area contributed by atoms with Crippen LogP contribution in [-0.2, 0) is 16.0 Å². The quantitative estimate of drug-likeness (QED) is 0.913. The van der Waals surface area contributed by atoms with Gasteiger partial charge in [-0.3, -0.25) is 9.48 Å². The number of nitrogens with zero attached hydrogens (tertiary/aromatic N) is 3. The highest BCUT2D eigenvalue weighted by atomic mass is 16.6. The molecule has 2 heterocycles. The molecule has 1 amide bonds. The molecule has 0 aromatic carbocycles. The van der Waals surface area contributed by atoms with Crippen molar-refractivity contribution in [3.63, 3.8) is 0 Å². The summed E-state index contributed by atoms with van der Waals surface area (Å²) in [6, 6.07) is 0.238. The lowest BCUT2D eigenvalue weighted by atomic mass is 10.0. The van der Waals surface area contributed by atoms with Crippen molar-refractivity contribution in [3.05, 3.63) is 17.5 Å². The van der Waals surface area contributed by atoms with E-state index in [1.165, 1.54) is 0 Å². The minimum atomic E-state index is -0.798. The number of ether oxygens (including phenoxy) is 1. The third-order valence-corrected chi connectivity index (χ3v) is 4.22. The number of carboxylic acid groups (broad SMARTS) is 1. The van der Waals surface area contributed by atoms with Gasteiger partial charge in [-0.25, -0.2) is 4.79 Å². The summed E-state index contributed by atoms with van der Waals surface area (Å²) in [6.07, 6.45) is 3.75. The zero-order chi connectivity index (χ0) is 17.9. The first-order valence-electron chi connectivity index (χ1n) is 8.40. The second-order valence-corrected chi connectivity index (χ2v) is 7.29. The highest BCUT2D eigenvalue weighted by Crippen LogP contribution is 2.26. The van der Waals surface area contributed by atoms with Gasteiger partial charge < -0.3 is 14.7 Å². The number of piperidine rings is 1. The van der Waals surface area contributed by atoms with Crippen molar-refractivity contribution in [1.29, 1.82) is 0 Å². The second kappa shape index (κ2) is 7.23. The molecule has 1 N–H and O–H groups in total. The van der Waals surface area contributed by atoms with Gasteiger partial charge in [-0.1, -0.05) is 0 Å². The number of hydrogen-bond donors (Lipinski definition) is 1. The molecule has 1 aromatic heterocycles. The number of aryl methyl sites for hydroxylation is 1. The van der Waals surface area contributed by atoms with Crippen LogP contribution in [0, 0.1) is 6.92 Å². The van der Waals surface area contributed by atoms with Gasteiger partial charge in [0, 0.05) is 25.2 Å². The molecule has 0 atom stereocenters. The molecule has 1 fully saturated rings. The Labute approximate surface area is 142 Å².